The molecule has 30 heavy (non-hydrogen) atoms. The molecule has 0 spiro atoms. The number of hydrogen-bond acceptors (Lipinski definition) is 6. The lowest BCUT2D eigenvalue weighted by atomic mass is 10.1. The first kappa shape index (κ1) is 22.3. The highest BCUT2D eigenvalue weighted by molar-refractivity contribution is 5.91. The summed E-state index contributed by atoms with van der Waals surface area (Å²) in [7, 11) is 0. The van der Waals surface area contributed by atoms with Crippen LogP contribution < -0.4 is 10.1 Å². The summed E-state index contributed by atoms with van der Waals surface area (Å²) in [5.41, 5.74) is 1.66. The molecule has 0 unspecified atom stereocenters. The van der Waals surface area contributed by atoms with E-state index in [-0.39, 0.29) is 5.91 Å². The van der Waals surface area contributed by atoms with Crippen LogP contribution in [-0.4, -0.2) is 60.0 Å². The van der Waals surface area contributed by atoms with Gasteiger partial charge in [0.25, 0.3) is 5.91 Å². The van der Waals surface area contributed by atoms with E-state index in [4.69, 9.17) is 9.15 Å². The topological polar surface area (TPSA) is 70.8 Å². The van der Waals surface area contributed by atoms with Crippen molar-refractivity contribution < 1.29 is 13.9 Å². The Morgan fingerprint density at radius 1 is 1.13 bits per heavy atom. The number of benzene rings is 1. The van der Waals surface area contributed by atoms with E-state index in [9.17, 15) is 4.79 Å². The molecule has 7 nitrogen and oxygen atoms in total. The van der Waals surface area contributed by atoms with E-state index in [1.54, 1.807) is 0 Å². The van der Waals surface area contributed by atoms with Crippen molar-refractivity contribution in [1.82, 2.24) is 20.1 Å². The van der Waals surface area contributed by atoms with Crippen molar-refractivity contribution in [3.8, 4) is 5.75 Å². The number of piperazine rings is 1. The molecule has 1 aromatic carbocycles. The van der Waals surface area contributed by atoms with Gasteiger partial charge >= 0.3 is 0 Å². The maximum Gasteiger partial charge on any atom is 0.273 e. The Morgan fingerprint density at radius 3 is 2.43 bits per heavy atom. The molecule has 1 saturated heterocycles. The fourth-order valence-electron chi connectivity index (χ4n) is 3.47. The van der Waals surface area contributed by atoms with Gasteiger partial charge in [0, 0.05) is 39.3 Å². The zero-order valence-electron chi connectivity index (χ0n) is 18.4. The van der Waals surface area contributed by atoms with Gasteiger partial charge < -0.3 is 14.5 Å². The molecule has 1 aliphatic rings. The van der Waals surface area contributed by atoms with Crippen LogP contribution in [0.2, 0.25) is 0 Å². The molecule has 1 aromatic heterocycles. The van der Waals surface area contributed by atoms with Gasteiger partial charge in [0.15, 0.2) is 5.69 Å². The lowest BCUT2D eigenvalue weighted by Crippen LogP contribution is -2.45. The highest BCUT2D eigenvalue weighted by Gasteiger charge is 2.20. The van der Waals surface area contributed by atoms with Crippen LogP contribution in [0.5, 0.6) is 5.75 Å². The highest BCUT2D eigenvalue weighted by atomic mass is 16.5. The van der Waals surface area contributed by atoms with Gasteiger partial charge in [-0.15, -0.1) is 0 Å². The summed E-state index contributed by atoms with van der Waals surface area (Å²) in [5.74, 6) is 1.92. The number of rotatable bonds is 10. The quantitative estimate of drug-likeness (QED) is 0.644. The molecule has 2 aromatic rings. The van der Waals surface area contributed by atoms with E-state index < -0.39 is 0 Å². The normalized spacial score (nSPS) is 15.5. The number of aromatic nitrogens is 1. The smallest absolute Gasteiger partial charge is 0.273 e. The molecular formula is C23H34N4O3. The molecule has 0 atom stereocenters. The summed E-state index contributed by atoms with van der Waals surface area (Å²) in [4.78, 5) is 21.3. The third kappa shape index (κ3) is 6.85. The molecule has 2 heterocycles. The fourth-order valence-corrected chi connectivity index (χ4v) is 3.47. The Morgan fingerprint density at radius 2 is 1.80 bits per heavy atom. The first-order valence-electron chi connectivity index (χ1n) is 10.9. The fraction of sp³-hybridized carbons (Fsp3) is 0.565. The van der Waals surface area contributed by atoms with Crippen molar-refractivity contribution in [1.29, 1.82) is 0 Å². The third-order valence-electron chi connectivity index (χ3n) is 5.26. The third-order valence-corrected chi connectivity index (χ3v) is 5.26. The minimum absolute atomic E-state index is 0.161. The van der Waals surface area contributed by atoms with Crippen LogP contribution in [0.4, 0.5) is 0 Å². The van der Waals surface area contributed by atoms with E-state index in [1.807, 2.05) is 19.1 Å². The number of oxazole rings is 1. The molecule has 1 N–H and O–H groups in total. The summed E-state index contributed by atoms with van der Waals surface area (Å²) < 4.78 is 11.0. The molecule has 1 amide bonds. The molecule has 0 saturated carbocycles. The summed E-state index contributed by atoms with van der Waals surface area (Å²) in [6, 6.07) is 8.35. The van der Waals surface area contributed by atoms with E-state index >= 15 is 0 Å². The standard InChI is InChI=1S/C23H34N4O3/c1-4-29-20-7-5-19(6-8-20)15-26-11-13-27(14-12-26)16-22-25-21(17-30-22)23(28)24-10-9-18(2)3/h5-8,17-18H,4,9-16H2,1-3H3,(H,24,28). The second-order valence-corrected chi connectivity index (χ2v) is 8.19. The lowest BCUT2D eigenvalue weighted by molar-refractivity contribution is 0.0946. The van der Waals surface area contributed by atoms with Crippen molar-refractivity contribution in [2.45, 2.75) is 40.3 Å². The monoisotopic (exact) mass is 414 g/mol. The summed E-state index contributed by atoms with van der Waals surface area (Å²) >= 11 is 0. The van der Waals surface area contributed by atoms with E-state index in [1.165, 1.54) is 11.8 Å². The summed E-state index contributed by atoms with van der Waals surface area (Å²) in [5, 5.41) is 2.90. The maximum absolute atomic E-state index is 12.1. The molecule has 0 aliphatic carbocycles. The van der Waals surface area contributed by atoms with Gasteiger partial charge in [0.05, 0.1) is 13.2 Å². The zero-order valence-corrected chi connectivity index (χ0v) is 18.4. The minimum Gasteiger partial charge on any atom is -0.494 e. The van der Waals surface area contributed by atoms with Crippen LogP contribution in [0.1, 0.15) is 49.1 Å². The molecule has 1 fully saturated rings. The Hall–Kier alpha value is -2.38. The van der Waals surface area contributed by atoms with Gasteiger partial charge in [-0.2, -0.15) is 0 Å². The van der Waals surface area contributed by atoms with E-state index in [0.29, 0.717) is 37.2 Å². The zero-order chi connectivity index (χ0) is 21.3. The van der Waals surface area contributed by atoms with Crippen LogP contribution in [0.15, 0.2) is 34.9 Å². The molecule has 3 rings (SSSR count). The molecule has 0 radical (unpaired) electrons. The Kier molecular flexibility index (Phi) is 8.28. The predicted molar refractivity (Wildman–Crippen MR) is 116 cm³/mol. The second-order valence-electron chi connectivity index (χ2n) is 8.19. The Balaban J connectivity index is 1.40. The van der Waals surface area contributed by atoms with Crippen molar-refractivity contribution >= 4 is 5.91 Å². The molecule has 1 aliphatic heterocycles. The number of carbonyl (C=O) groups excluding carboxylic acids is 1. The number of nitrogens with one attached hydrogen (secondary N) is 1. The van der Waals surface area contributed by atoms with Crippen LogP contribution in [0.3, 0.4) is 0 Å². The Labute approximate surface area is 179 Å². The molecule has 164 valence electrons. The van der Waals surface area contributed by atoms with Crippen molar-refractivity contribution in [3.63, 3.8) is 0 Å². The number of amides is 1. The predicted octanol–water partition coefficient (Wildman–Crippen LogP) is 3.17. The van der Waals surface area contributed by atoms with Crippen LogP contribution in [-0.2, 0) is 13.1 Å². The van der Waals surface area contributed by atoms with E-state index in [2.05, 4.69) is 46.1 Å². The molecular weight excluding hydrogens is 380 g/mol. The lowest BCUT2D eigenvalue weighted by Gasteiger charge is -2.34. The summed E-state index contributed by atoms with van der Waals surface area (Å²) in [6.45, 7) is 13.1. The summed E-state index contributed by atoms with van der Waals surface area (Å²) in [6.07, 6.45) is 2.42. The van der Waals surface area contributed by atoms with Gasteiger partial charge in [-0.25, -0.2) is 4.98 Å². The average molecular weight is 415 g/mol. The average Bonchev–Trinajstić information content (AvgIpc) is 3.19. The van der Waals surface area contributed by atoms with Crippen molar-refractivity contribution in [3.05, 3.63) is 47.7 Å². The number of ether oxygens (including phenoxy) is 1. The first-order chi connectivity index (χ1) is 14.5. The maximum atomic E-state index is 12.1. The molecule has 0 bridgehead atoms. The van der Waals surface area contributed by atoms with E-state index in [0.717, 1.165) is 44.9 Å². The number of nitrogens with zero attached hydrogens (tertiary/aromatic N) is 3. The first-order valence-corrected chi connectivity index (χ1v) is 10.9. The van der Waals surface area contributed by atoms with Gasteiger partial charge in [0.1, 0.15) is 12.0 Å². The van der Waals surface area contributed by atoms with Crippen LogP contribution >= 0.6 is 0 Å². The van der Waals surface area contributed by atoms with Crippen LogP contribution in [0.25, 0.3) is 0 Å². The van der Waals surface area contributed by atoms with Gasteiger partial charge in [-0.1, -0.05) is 26.0 Å². The molecule has 7 heteroatoms. The van der Waals surface area contributed by atoms with Crippen LogP contribution in [0, 0.1) is 5.92 Å². The van der Waals surface area contributed by atoms with Gasteiger partial charge in [-0.05, 0) is 37.0 Å². The largest absolute Gasteiger partial charge is 0.494 e. The number of hydrogen-bond donors (Lipinski definition) is 1. The van der Waals surface area contributed by atoms with Gasteiger partial charge in [0.2, 0.25) is 5.89 Å². The van der Waals surface area contributed by atoms with Crippen molar-refractivity contribution in [2.75, 3.05) is 39.3 Å². The minimum atomic E-state index is -0.161. The number of carbonyl (C=O) groups is 1. The van der Waals surface area contributed by atoms with Crippen molar-refractivity contribution in [2.24, 2.45) is 5.92 Å². The van der Waals surface area contributed by atoms with Gasteiger partial charge in [-0.3, -0.25) is 14.6 Å². The SMILES string of the molecule is CCOc1ccc(CN2CCN(Cc3nc(C(=O)NCCC(C)C)co3)CC2)cc1. The highest BCUT2D eigenvalue weighted by Crippen LogP contribution is 2.15. The second kappa shape index (κ2) is 11.1. The Bertz CT molecular complexity index is 780.